The Morgan fingerprint density at radius 2 is 1.86 bits per heavy atom. The Morgan fingerprint density at radius 1 is 1.05 bits per heavy atom. The van der Waals surface area contributed by atoms with Crippen LogP contribution >= 0.6 is 0 Å². The van der Waals surface area contributed by atoms with Gasteiger partial charge in [-0.25, -0.2) is 4.99 Å². The van der Waals surface area contributed by atoms with Crippen molar-refractivity contribution in [3.63, 3.8) is 0 Å². The molecule has 0 radical (unpaired) electrons. The van der Waals surface area contributed by atoms with Crippen LogP contribution in [0.1, 0.15) is 11.1 Å². The molecule has 0 aliphatic carbocycles. The third-order valence-corrected chi connectivity index (χ3v) is 3.86. The fourth-order valence-electron chi connectivity index (χ4n) is 2.81. The molecule has 1 N–H and O–H groups in total. The fourth-order valence-corrected chi connectivity index (χ4v) is 2.81. The van der Waals surface area contributed by atoms with Crippen LogP contribution in [0.15, 0.2) is 65.8 Å². The summed E-state index contributed by atoms with van der Waals surface area (Å²) >= 11 is 0. The first-order chi connectivity index (χ1) is 10.4. The second-order valence-corrected chi connectivity index (χ2v) is 5.33. The molecule has 1 aliphatic rings. The Labute approximate surface area is 123 Å². The van der Waals surface area contributed by atoms with Crippen LogP contribution in [0.5, 0.6) is 0 Å². The van der Waals surface area contributed by atoms with E-state index < -0.39 is 0 Å². The number of fused-ring (bicyclic) bond motifs is 1. The van der Waals surface area contributed by atoms with E-state index >= 15 is 0 Å². The summed E-state index contributed by atoms with van der Waals surface area (Å²) < 4.78 is 5.75. The van der Waals surface area contributed by atoms with Crippen molar-refractivity contribution >= 4 is 16.8 Å². The predicted molar refractivity (Wildman–Crippen MR) is 84.7 cm³/mol. The van der Waals surface area contributed by atoms with Crippen molar-refractivity contribution in [1.29, 1.82) is 0 Å². The van der Waals surface area contributed by atoms with Crippen molar-refractivity contribution in [2.24, 2.45) is 4.99 Å². The summed E-state index contributed by atoms with van der Waals surface area (Å²) in [4.78, 5) is 8.04. The molecular weight excluding hydrogens is 260 g/mol. The van der Waals surface area contributed by atoms with E-state index in [0.717, 1.165) is 17.9 Å². The van der Waals surface area contributed by atoms with Gasteiger partial charge in [-0.3, -0.25) is 0 Å². The van der Waals surface area contributed by atoms with E-state index in [4.69, 9.17) is 9.73 Å². The van der Waals surface area contributed by atoms with Crippen LogP contribution in [-0.2, 0) is 11.2 Å². The Kier molecular flexibility index (Phi) is 2.96. The van der Waals surface area contributed by atoms with Gasteiger partial charge >= 0.3 is 0 Å². The van der Waals surface area contributed by atoms with Gasteiger partial charge in [-0.2, -0.15) is 0 Å². The molecule has 1 unspecified atom stereocenters. The van der Waals surface area contributed by atoms with E-state index in [-0.39, 0.29) is 6.04 Å². The van der Waals surface area contributed by atoms with Crippen LogP contribution in [-0.4, -0.2) is 23.5 Å². The molecule has 0 saturated heterocycles. The largest absolute Gasteiger partial charge is 0.475 e. The summed E-state index contributed by atoms with van der Waals surface area (Å²) in [6.45, 7) is 0.656. The molecule has 0 spiro atoms. The average Bonchev–Trinajstić information content (AvgIpc) is 3.17. The minimum absolute atomic E-state index is 0.194. The molecule has 3 nitrogen and oxygen atoms in total. The van der Waals surface area contributed by atoms with Crippen LogP contribution in [0, 0.1) is 0 Å². The number of para-hydroxylation sites is 1. The molecule has 3 aromatic rings. The summed E-state index contributed by atoms with van der Waals surface area (Å²) in [5.74, 6) is 0.764. The standard InChI is InChI=1S/C18H16N2O/c1-2-6-13(7-3-1)18-20-15(12-21-18)10-14-11-19-17-9-5-4-8-16(14)17/h1-9,11,15,19H,10,12H2. The van der Waals surface area contributed by atoms with Crippen molar-refractivity contribution in [1.82, 2.24) is 4.98 Å². The molecule has 1 atom stereocenters. The van der Waals surface area contributed by atoms with Crippen molar-refractivity contribution in [2.45, 2.75) is 12.5 Å². The van der Waals surface area contributed by atoms with Crippen molar-refractivity contribution in [3.8, 4) is 0 Å². The third kappa shape index (κ3) is 2.31. The molecule has 3 heteroatoms. The van der Waals surface area contributed by atoms with Crippen LogP contribution < -0.4 is 0 Å². The van der Waals surface area contributed by atoms with Gasteiger partial charge in [0.25, 0.3) is 0 Å². The molecule has 2 aromatic carbocycles. The Hall–Kier alpha value is -2.55. The molecule has 4 rings (SSSR count). The summed E-state index contributed by atoms with van der Waals surface area (Å²) in [7, 11) is 0. The maximum atomic E-state index is 5.75. The lowest BCUT2D eigenvalue weighted by molar-refractivity contribution is 0.317. The fraction of sp³-hybridized carbons (Fsp3) is 0.167. The number of hydrogen-bond acceptors (Lipinski definition) is 2. The number of H-pyrrole nitrogens is 1. The van der Waals surface area contributed by atoms with Gasteiger partial charge in [-0.1, -0.05) is 36.4 Å². The SMILES string of the molecule is c1ccc(C2=NC(Cc3c[nH]c4ccccc34)CO2)cc1. The molecule has 0 saturated carbocycles. The van der Waals surface area contributed by atoms with Gasteiger partial charge in [0.2, 0.25) is 5.90 Å². The number of nitrogens with one attached hydrogen (secondary N) is 1. The van der Waals surface area contributed by atoms with Crippen LogP contribution in [0.2, 0.25) is 0 Å². The first kappa shape index (κ1) is 12.2. The lowest BCUT2D eigenvalue weighted by Crippen LogP contribution is -2.09. The number of rotatable bonds is 3. The van der Waals surface area contributed by atoms with E-state index in [1.165, 1.54) is 16.5 Å². The lowest BCUT2D eigenvalue weighted by atomic mass is 10.1. The highest BCUT2D eigenvalue weighted by Crippen LogP contribution is 2.22. The third-order valence-electron chi connectivity index (χ3n) is 3.86. The van der Waals surface area contributed by atoms with Crippen LogP contribution in [0.3, 0.4) is 0 Å². The summed E-state index contributed by atoms with van der Waals surface area (Å²) in [6, 6.07) is 18.7. The molecule has 2 heterocycles. The second kappa shape index (κ2) is 5.09. The number of hydrogen-bond donors (Lipinski definition) is 1. The maximum absolute atomic E-state index is 5.75. The Morgan fingerprint density at radius 3 is 2.76 bits per heavy atom. The smallest absolute Gasteiger partial charge is 0.216 e. The normalized spacial score (nSPS) is 17.7. The maximum Gasteiger partial charge on any atom is 0.216 e. The van der Waals surface area contributed by atoms with E-state index in [2.05, 4.69) is 29.4 Å². The van der Waals surface area contributed by atoms with Gasteiger partial charge in [0.15, 0.2) is 0 Å². The lowest BCUT2D eigenvalue weighted by Gasteiger charge is -2.03. The number of aromatic nitrogens is 1. The van der Waals surface area contributed by atoms with E-state index in [9.17, 15) is 0 Å². The second-order valence-electron chi connectivity index (χ2n) is 5.33. The van der Waals surface area contributed by atoms with Gasteiger partial charge in [0, 0.05) is 29.1 Å². The average molecular weight is 276 g/mol. The highest BCUT2D eigenvalue weighted by molar-refractivity contribution is 5.95. The molecule has 104 valence electrons. The van der Waals surface area contributed by atoms with Gasteiger partial charge in [0.1, 0.15) is 6.61 Å². The number of aliphatic imine (C=N–C) groups is 1. The van der Waals surface area contributed by atoms with E-state index in [1.807, 2.05) is 36.4 Å². The zero-order chi connectivity index (χ0) is 14.1. The van der Waals surface area contributed by atoms with E-state index in [0.29, 0.717) is 6.61 Å². The highest BCUT2D eigenvalue weighted by atomic mass is 16.5. The monoisotopic (exact) mass is 276 g/mol. The van der Waals surface area contributed by atoms with Gasteiger partial charge < -0.3 is 9.72 Å². The van der Waals surface area contributed by atoms with Gasteiger partial charge in [0.05, 0.1) is 6.04 Å². The summed E-state index contributed by atoms with van der Waals surface area (Å²) in [6.07, 6.45) is 2.99. The minimum Gasteiger partial charge on any atom is -0.475 e. The number of benzene rings is 2. The molecule has 21 heavy (non-hydrogen) atoms. The Balaban J connectivity index is 1.57. The quantitative estimate of drug-likeness (QED) is 0.780. The predicted octanol–water partition coefficient (Wildman–Crippen LogP) is 3.56. The number of nitrogens with zero attached hydrogens (tertiary/aromatic N) is 1. The minimum atomic E-state index is 0.194. The molecule has 0 amide bonds. The summed E-state index contributed by atoms with van der Waals surface area (Å²) in [5.41, 5.74) is 3.54. The number of aromatic amines is 1. The topological polar surface area (TPSA) is 37.4 Å². The van der Waals surface area contributed by atoms with Crippen LogP contribution in [0.25, 0.3) is 10.9 Å². The van der Waals surface area contributed by atoms with Crippen molar-refractivity contribution in [3.05, 3.63) is 71.9 Å². The Bertz CT molecular complexity index is 789. The van der Waals surface area contributed by atoms with Gasteiger partial charge in [-0.15, -0.1) is 0 Å². The molecule has 0 fully saturated rings. The molecule has 1 aromatic heterocycles. The van der Waals surface area contributed by atoms with Crippen molar-refractivity contribution < 1.29 is 4.74 Å². The number of ether oxygens (including phenoxy) is 1. The zero-order valence-corrected chi connectivity index (χ0v) is 11.6. The highest BCUT2D eigenvalue weighted by Gasteiger charge is 2.21. The first-order valence-electron chi connectivity index (χ1n) is 7.21. The van der Waals surface area contributed by atoms with Crippen molar-refractivity contribution in [2.75, 3.05) is 6.61 Å². The summed E-state index contributed by atoms with van der Waals surface area (Å²) in [5, 5.41) is 1.28. The molecule has 0 bridgehead atoms. The van der Waals surface area contributed by atoms with Crippen LogP contribution in [0.4, 0.5) is 0 Å². The molecular formula is C18H16N2O. The zero-order valence-electron chi connectivity index (χ0n) is 11.6. The van der Waals surface area contributed by atoms with E-state index in [1.54, 1.807) is 0 Å². The van der Waals surface area contributed by atoms with Gasteiger partial charge in [-0.05, 0) is 23.8 Å². The molecule has 1 aliphatic heterocycles. The first-order valence-corrected chi connectivity index (χ1v) is 7.21.